The molecule has 2 heterocycles. The number of fused-ring (bicyclic) bond motifs is 2. The Labute approximate surface area is 197 Å². The molecule has 0 unspecified atom stereocenters. The number of carbonyl (C=O) groups is 2. The van der Waals surface area contributed by atoms with Gasteiger partial charge in [-0.15, -0.1) is 0 Å². The van der Waals surface area contributed by atoms with Crippen LogP contribution in [0, 0.1) is 0 Å². The lowest BCUT2D eigenvalue weighted by Crippen LogP contribution is -2.19. The summed E-state index contributed by atoms with van der Waals surface area (Å²) in [7, 11) is 0. The summed E-state index contributed by atoms with van der Waals surface area (Å²) in [5.41, 5.74) is 15.9. The zero-order valence-electron chi connectivity index (χ0n) is 18.8. The molecule has 0 aliphatic rings. The van der Waals surface area contributed by atoms with E-state index in [0.717, 1.165) is 32.9 Å². The van der Waals surface area contributed by atoms with E-state index in [0.29, 0.717) is 37.1 Å². The fraction of sp³-hybridized carbons (Fsp3) is 0.143. The Bertz CT molecular complexity index is 1410. The van der Waals surface area contributed by atoms with Crippen molar-refractivity contribution < 1.29 is 9.59 Å². The van der Waals surface area contributed by atoms with E-state index in [-0.39, 0.29) is 11.8 Å². The maximum Gasteiger partial charge on any atom is 0.263 e. The lowest BCUT2D eigenvalue weighted by Gasteiger charge is -2.11. The van der Waals surface area contributed by atoms with Crippen molar-refractivity contribution in [3.8, 4) is 0 Å². The Kier molecular flexibility index (Phi) is 5.84. The Morgan fingerprint density at radius 1 is 0.588 bits per heavy atom. The standard InChI is InChI=1S/C28H26N4O2/c29-15-13-19-17-31(25-11-5-3-7-21(19)25)27(33)23-9-1-2-10-24(23)28(34)32-18-20(14-16-30)22-8-4-6-12-26(22)32/h1-12,17-18H,13-16,29-30H2. The number of aromatic nitrogens is 2. The van der Waals surface area contributed by atoms with Gasteiger partial charge in [-0.05, 0) is 61.3 Å². The fourth-order valence-corrected chi connectivity index (χ4v) is 4.66. The van der Waals surface area contributed by atoms with Gasteiger partial charge in [-0.2, -0.15) is 0 Å². The summed E-state index contributed by atoms with van der Waals surface area (Å²) in [6.07, 6.45) is 5.01. The summed E-state index contributed by atoms with van der Waals surface area (Å²) >= 11 is 0. The van der Waals surface area contributed by atoms with Gasteiger partial charge in [0.15, 0.2) is 0 Å². The molecule has 0 saturated carbocycles. The third kappa shape index (κ3) is 3.63. The average molecular weight is 451 g/mol. The smallest absolute Gasteiger partial charge is 0.263 e. The first-order chi connectivity index (χ1) is 16.6. The summed E-state index contributed by atoms with van der Waals surface area (Å²) in [6, 6.07) is 22.5. The van der Waals surface area contributed by atoms with E-state index in [1.165, 1.54) is 0 Å². The van der Waals surface area contributed by atoms with Crippen molar-refractivity contribution in [1.82, 2.24) is 9.13 Å². The maximum atomic E-state index is 13.8. The van der Waals surface area contributed by atoms with Crippen LogP contribution in [0.4, 0.5) is 0 Å². The maximum absolute atomic E-state index is 13.8. The molecule has 2 aromatic heterocycles. The molecule has 0 radical (unpaired) electrons. The monoisotopic (exact) mass is 450 g/mol. The highest BCUT2D eigenvalue weighted by molar-refractivity contribution is 6.12. The van der Waals surface area contributed by atoms with Crippen molar-refractivity contribution in [2.24, 2.45) is 11.5 Å². The number of hydrogen-bond acceptors (Lipinski definition) is 4. The molecule has 5 aromatic rings. The van der Waals surface area contributed by atoms with Gasteiger partial charge in [-0.3, -0.25) is 18.7 Å². The van der Waals surface area contributed by atoms with Gasteiger partial charge in [-0.25, -0.2) is 0 Å². The molecule has 0 atom stereocenters. The Hall–Kier alpha value is -4.00. The van der Waals surface area contributed by atoms with Crippen molar-refractivity contribution in [3.63, 3.8) is 0 Å². The van der Waals surface area contributed by atoms with Gasteiger partial charge in [0.25, 0.3) is 11.8 Å². The third-order valence-corrected chi connectivity index (χ3v) is 6.24. The van der Waals surface area contributed by atoms with E-state index >= 15 is 0 Å². The lowest BCUT2D eigenvalue weighted by atomic mass is 10.1. The fourth-order valence-electron chi connectivity index (χ4n) is 4.66. The van der Waals surface area contributed by atoms with Crippen molar-refractivity contribution in [3.05, 3.63) is 107 Å². The van der Waals surface area contributed by atoms with Gasteiger partial charge < -0.3 is 11.5 Å². The highest BCUT2D eigenvalue weighted by Gasteiger charge is 2.23. The Balaban J connectivity index is 1.62. The number of carbonyl (C=O) groups excluding carboxylic acids is 2. The largest absolute Gasteiger partial charge is 0.330 e. The van der Waals surface area contributed by atoms with Crippen LogP contribution in [-0.2, 0) is 12.8 Å². The second kappa shape index (κ2) is 9.09. The second-order valence-corrected chi connectivity index (χ2v) is 8.32. The summed E-state index contributed by atoms with van der Waals surface area (Å²) in [4.78, 5) is 27.5. The van der Waals surface area contributed by atoms with E-state index in [2.05, 4.69) is 0 Å². The molecule has 0 aliphatic carbocycles. The highest BCUT2D eigenvalue weighted by atomic mass is 16.2. The zero-order chi connectivity index (χ0) is 23.7. The third-order valence-electron chi connectivity index (χ3n) is 6.24. The highest BCUT2D eigenvalue weighted by Crippen LogP contribution is 2.26. The van der Waals surface area contributed by atoms with Crippen LogP contribution >= 0.6 is 0 Å². The molecule has 0 bridgehead atoms. The number of hydrogen-bond donors (Lipinski definition) is 2. The lowest BCUT2D eigenvalue weighted by molar-refractivity contribution is 0.0931. The molecule has 0 amide bonds. The topological polar surface area (TPSA) is 96.0 Å². The van der Waals surface area contributed by atoms with Crippen LogP contribution in [0.15, 0.2) is 85.2 Å². The molecule has 0 spiro atoms. The first-order valence-corrected chi connectivity index (χ1v) is 11.4. The van der Waals surface area contributed by atoms with E-state index in [9.17, 15) is 9.59 Å². The summed E-state index contributed by atoms with van der Waals surface area (Å²) in [5.74, 6) is -0.496. The van der Waals surface area contributed by atoms with Crippen LogP contribution in [0.2, 0.25) is 0 Å². The number of benzene rings is 3. The quantitative estimate of drug-likeness (QED) is 0.409. The van der Waals surface area contributed by atoms with Crippen LogP contribution in [-0.4, -0.2) is 34.0 Å². The molecular formula is C28H26N4O2. The van der Waals surface area contributed by atoms with Crippen molar-refractivity contribution in [2.75, 3.05) is 13.1 Å². The SMILES string of the molecule is NCCc1cn(C(=O)c2ccccc2C(=O)n2cc(CCN)c3ccccc32)c2ccccc12. The normalized spacial score (nSPS) is 11.4. The molecule has 3 aromatic carbocycles. The predicted molar refractivity (Wildman–Crippen MR) is 135 cm³/mol. The van der Waals surface area contributed by atoms with Crippen LogP contribution in [0.5, 0.6) is 0 Å². The van der Waals surface area contributed by atoms with E-state index < -0.39 is 0 Å². The summed E-state index contributed by atoms with van der Waals surface area (Å²) in [6.45, 7) is 0.978. The second-order valence-electron chi connectivity index (χ2n) is 8.32. The molecule has 34 heavy (non-hydrogen) atoms. The minimum atomic E-state index is -0.248. The van der Waals surface area contributed by atoms with Crippen LogP contribution in [0.1, 0.15) is 31.8 Å². The van der Waals surface area contributed by atoms with Gasteiger partial charge in [0, 0.05) is 23.2 Å². The van der Waals surface area contributed by atoms with Gasteiger partial charge in [-0.1, -0.05) is 48.5 Å². The molecular weight excluding hydrogens is 424 g/mol. The van der Waals surface area contributed by atoms with E-state index in [1.807, 2.05) is 60.9 Å². The Morgan fingerprint density at radius 3 is 1.38 bits per heavy atom. The Morgan fingerprint density at radius 2 is 0.971 bits per heavy atom. The molecule has 0 fully saturated rings. The number of nitrogens with two attached hydrogens (primary N) is 2. The van der Waals surface area contributed by atoms with Gasteiger partial charge in [0.05, 0.1) is 22.2 Å². The minimum Gasteiger partial charge on any atom is -0.330 e. The number of rotatable bonds is 6. The average Bonchev–Trinajstić information content (AvgIpc) is 3.43. The van der Waals surface area contributed by atoms with Crippen LogP contribution < -0.4 is 11.5 Å². The number of nitrogens with zero attached hydrogens (tertiary/aromatic N) is 2. The van der Waals surface area contributed by atoms with Crippen molar-refractivity contribution >= 4 is 33.6 Å². The summed E-state index contributed by atoms with van der Waals surface area (Å²) in [5, 5.41) is 1.99. The van der Waals surface area contributed by atoms with Crippen LogP contribution in [0.25, 0.3) is 21.8 Å². The summed E-state index contributed by atoms with van der Waals surface area (Å²) < 4.78 is 3.25. The minimum absolute atomic E-state index is 0.248. The molecule has 5 rings (SSSR count). The number of para-hydroxylation sites is 2. The van der Waals surface area contributed by atoms with Crippen molar-refractivity contribution in [2.45, 2.75) is 12.8 Å². The molecule has 170 valence electrons. The molecule has 0 aliphatic heterocycles. The first kappa shape index (κ1) is 21.8. The van der Waals surface area contributed by atoms with Gasteiger partial charge in [0.1, 0.15) is 0 Å². The molecule has 6 nitrogen and oxygen atoms in total. The van der Waals surface area contributed by atoms with Crippen LogP contribution in [0.3, 0.4) is 0 Å². The molecule has 6 heteroatoms. The van der Waals surface area contributed by atoms with Crippen molar-refractivity contribution in [1.29, 1.82) is 0 Å². The van der Waals surface area contributed by atoms with Gasteiger partial charge in [0.2, 0.25) is 0 Å². The zero-order valence-corrected chi connectivity index (χ0v) is 18.8. The predicted octanol–water partition coefficient (Wildman–Crippen LogP) is 3.98. The van der Waals surface area contributed by atoms with E-state index in [4.69, 9.17) is 11.5 Å². The van der Waals surface area contributed by atoms with E-state index in [1.54, 1.807) is 33.4 Å². The van der Waals surface area contributed by atoms with Gasteiger partial charge >= 0.3 is 0 Å². The molecule has 0 saturated heterocycles. The molecule has 4 N–H and O–H groups in total. The first-order valence-electron chi connectivity index (χ1n) is 11.4.